The monoisotopic (exact) mass is 390 g/mol. The van der Waals surface area contributed by atoms with Gasteiger partial charge in [-0.15, -0.1) is 0 Å². The fraction of sp³-hybridized carbons (Fsp3) is 0.381. The summed E-state index contributed by atoms with van der Waals surface area (Å²) in [5, 5.41) is 1.31. The van der Waals surface area contributed by atoms with Crippen LogP contribution >= 0.6 is 23.2 Å². The van der Waals surface area contributed by atoms with Crippen molar-refractivity contribution in [2.75, 3.05) is 24.5 Å². The highest BCUT2D eigenvalue weighted by Crippen LogP contribution is 2.27. The van der Waals surface area contributed by atoms with Gasteiger partial charge in [-0.25, -0.2) is 0 Å². The first-order chi connectivity index (χ1) is 12.6. The molecule has 2 aromatic rings. The van der Waals surface area contributed by atoms with Gasteiger partial charge in [0.25, 0.3) is 0 Å². The molecule has 1 amide bonds. The van der Waals surface area contributed by atoms with Crippen LogP contribution in [0, 0.1) is 0 Å². The summed E-state index contributed by atoms with van der Waals surface area (Å²) in [5.41, 5.74) is 1.77. The van der Waals surface area contributed by atoms with Crippen LogP contribution < -0.4 is 4.90 Å². The number of nitrogens with zero attached hydrogens (tertiary/aromatic N) is 2. The van der Waals surface area contributed by atoms with Gasteiger partial charge in [0, 0.05) is 34.9 Å². The van der Waals surface area contributed by atoms with E-state index in [2.05, 4.69) is 11.8 Å². The van der Waals surface area contributed by atoms with Crippen LogP contribution in [0.15, 0.2) is 48.5 Å². The van der Waals surface area contributed by atoms with Crippen molar-refractivity contribution in [1.29, 1.82) is 0 Å². The van der Waals surface area contributed by atoms with E-state index in [0.717, 1.165) is 43.7 Å². The Morgan fingerprint density at radius 2 is 1.73 bits per heavy atom. The third-order valence-electron chi connectivity index (χ3n) is 5.04. The van der Waals surface area contributed by atoms with Crippen molar-refractivity contribution in [3.63, 3.8) is 0 Å². The molecule has 1 saturated heterocycles. The molecule has 1 aliphatic rings. The van der Waals surface area contributed by atoms with E-state index in [1.807, 2.05) is 53.4 Å². The molecule has 0 unspecified atom stereocenters. The van der Waals surface area contributed by atoms with Crippen LogP contribution in [0.4, 0.5) is 5.69 Å². The Morgan fingerprint density at radius 1 is 1.08 bits per heavy atom. The van der Waals surface area contributed by atoms with Crippen molar-refractivity contribution >= 4 is 34.8 Å². The second-order valence-electron chi connectivity index (χ2n) is 6.67. The van der Waals surface area contributed by atoms with Crippen LogP contribution in [-0.4, -0.2) is 36.5 Å². The lowest BCUT2D eigenvalue weighted by molar-refractivity contribution is -0.118. The summed E-state index contributed by atoms with van der Waals surface area (Å²) >= 11 is 12.3. The predicted octanol–water partition coefficient (Wildman–Crippen LogP) is 5.05. The second-order valence-corrected chi connectivity index (χ2v) is 7.52. The molecule has 0 bridgehead atoms. The van der Waals surface area contributed by atoms with E-state index in [9.17, 15) is 4.79 Å². The molecular weight excluding hydrogens is 367 g/mol. The van der Waals surface area contributed by atoms with E-state index in [0.29, 0.717) is 16.5 Å². The highest BCUT2D eigenvalue weighted by molar-refractivity contribution is 6.31. The van der Waals surface area contributed by atoms with Crippen LogP contribution in [0.2, 0.25) is 10.0 Å². The lowest BCUT2D eigenvalue weighted by atomic mass is 10.0. The average Bonchev–Trinajstić information content (AvgIpc) is 2.66. The van der Waals surface area contributed by atoms with Crippen molar-refractivity contribution in [2.24, 2.45) is 0 Å². The summed E-state index contributed by atoms with van der Waals surface area (Å²) in [6, 6.07) is 15.3. The topological polar surface area (TPSA) is 23.6 Å². The van der Waals surface area contributed by atoms with Gasteiger partial charge in [-0.2, -0.15) is 0 Å². The molecule has 0 radical (unpaired) electrons. The van der Waals surface area contributed by atoms with Gasteiger partial charge in [0.1, 0.15) is 0 Å². The van der Waals surface area contributed by atoms with Crippen LogP contribution in [-0.2, 0) is 11.2 Å². The molecule has 1 heterocycles. The number of halogens is 2. The highest BCUT2D eigenvalue weighted by Gasteiger charge is 2.29. The molecular formula is C21H24Cl2N2O. The Morgan fingerprint density at radius 3 is 2.35 bits per heavy atom. The van der Waals surface area contributed by atoms with Crippen molar-refractivity contribution in [3.8, 4) is 0 Å². The molecule has 138 valence electrons. The minimum atomic E-state index is 0.0790. The van der Waals surface area contributed by atoms with Gasteiger partial charge < -0.3 is 9.80 Å². The number of likely N-dealkylation sites (tertiary alicyclic amines) is 1. The Labute approximate surface area is 165 Å². The summed E-state index contributed by atoms with van der Waals surface area (Å²) in [6.45, 7) is 5.27. The first kappa shape index (κ1) is 19.2. The zero-order valence-electron chi connectivity index (χ0n) is 15.0. The van der Waals surface area contributed by atoms with E-state index < -0.39 is 0 Å². The number of anilines is 1. The molecule has 0 spiro atoms. The summed E-state index contributed by atoms with van der Waals surface area (Å²) in [4.78, 5) is 17.6. The normalized spacial score (nSPS) is 15.8. The second kappa shape index (κ2) is 8.90. The maximum absolute atomic E-state index is 13.2. The number of hydrogen-bond acceptors (Lipinski definition) is 2. The Bertz CT molecular complexity index is 740. The average molecular weight is 391 g/mol. The van der Waals surface area contributed by atoms with E-state index in [4.69, 9.17) is 23.2 Å². The van der Waals surface area contributed by atoms with Crippen LogP contribution in [0.25, 0.3) is 0 Å². The van der Waals surface area contributed by atoms with E-state index in [-0.39, 0.29) is 11.9 Å². The summed E-state index contributed by atoms with van der Waals surface area (Å²) in [5.74, 6) is 0.0790. The SMILES string of the molecule is CCN1CCC(N(C(=O)Cc2ccccc2Cl)c2ccc(Cl)cc2)CC1. The molecule has 0 saturated carbocycles. The van der Waals surface area contributed by atoms with Crippen molar-refractivity contribution < 1.29 is 4.79 Å². The standard InChI is InChI=1S/C21H24Cl2N2O/c1-2-24-13-11-19(12-14-24)25(18-9-7-17(22)8-10-18)21(26)15-16-5-3-4-6-20(16)23/h3-10,19H,2,11-15H2,1H3. The van der Waals surface area contributed by atoms with Gasteiger partial charge in [0.2, 0.25) is 5.91 Å². The van der Waals surface area contributed by atoms with Gasteiger partial charge in [-0.3, -0.25) is 4.79 Å². The number of piperidine rings is 1. The largest absolute Gasteiger partial charge is 0.309 e. The van der Waals surface area contributed by atoms with Crippen LogP contribution in [0.5, 0.6) is 0 Å². The molecule has 2 aromatic carbocycles. The third kappa shape index (κ3) is 4.59. The molecule has 0 aliphatic carbocycles. The fourth-order valence-electron chi connectivity index (χ4n) is 3.54. The lowest BCUT2D eigenvalue weighted by Crippen LogP contribution is -2.48. The predicted molar refractivity (Wildman–Crippen MR) is 109 cm³/mol. The number of rotatable bonds is 5. The van der Waals surface area contributed by atoms with Gasteiger partial charge in [0.05, 0.1) is 6.42 Å². The Balaban J connectivity index is 1.84. The van der Waals surface area contributed by atoms with Crippen molar-refractivity contribution in [2.45, 2.75) is 32.2 Å². The third-order valence-corrected chi connectivity index (χ3v) is 5.66. The van der Waals surface area contributed by atoms with Crippen LogP contribution in [0.3, 0.4) is 0 Å². The lowest BCUT2D eigenvalue weighted by Gasteiger charge is -2.38. The number of carbonyl (C=O) groups is 1. The first-order valence-corrected chi connectivity index (χ1v) is 9.87. The van der Waals surface area contributed by atoms with Crippen molar-refractivity contribution in [3.05, 3.63) is 64.1 Å². The minimum absolute atomic E-state index is 0.0790. The summed E-state index contributed by atoms with van der Waals surface area (Å²) in [6.07, 6.45) is 2.26. The van der Waals surface area contributed by atoms with E-state index in [1.165, 1.54) is 0 Å². The smallest absolute Gasteiger partial charge is 0.231 e. The van der Waals surface area contributed by atoms with E-state index >= 15 is 0 Å². The van der Waals surface area contributed by atoms with Crippen LogP contribution in [0.1, 0.15) is 25.3 Å². The quantitative estimate of drug-likeness (QED) is 0.712. The zero-order chi connectivity index (χ0) is 18.5. The first-order valence-electron chi connectivity index (χ1n) is 9.12. The minimum Gasteiger partial charge on any atom is -0.309 e. The summed E-state index contributed by atoms with van der Waals surface area (Å²) < 4.78 is 0. The maximum atomic E-state index is 13.2. The number of hydrogen-bond donors (Lipinski definition) is 0. The molecule has 26 heavy (non-hydrogen) atoms. The molecule has 0 aromatic heterocycles. The van der Waals surface area contributed by atoms with Crippen molar-refractivity contribution in [1.82, 2.24) is 4.90 Å². The van der Waals surface area contributed by atoms with E-state index in [1.54, 1.807) is 0 Å². The molecule has 3 rings (SSSR count). The highest BCUT2D eigenvalue weighted by atomic mass is 35.5. The van der Waals surface area contributed by atoms with Gasteiger partial charge >= 0.3 is 0 Å². The molecule has 0 atom stereocenters. The fourth-order valence-corrected chi connectivity index (χ4v) is 3.87. The number of carbonyl (C=O) groups excluding carboxylic acids is 1. The molecule has 3 nitrogen and oxygen atoms in total. The molecule has 1 fully saturated rings. The Hall–Kier alpha value is -1.55. The zero-order valence-corrected chi connectivity index (χ0v) is 16.5. The molecule has 0 N–H and O–H groups in total. The Kier molecular flexibility index (Phi) is 6.58. The number of benzene rings is 2. The summed E-state index contributed by atoms with van der Waals surface area (Å²) in [7, 11) is 0. The van der Waals surface area contributed by atoms with Gasteiger partial charge in [-0.1, -0.05) is 48.3 Å². The van der Waals surface area contributed by atoms with Gasteiger partial charge in [-0.05, 0) is 55.3 Å². The maximum Gasteiger partial charge on any atom is 0.231 e. The number of amides is 1. The molecule has 1 aliphatic heterocycles. The van der Waals surface area contributed by atoms with Gasteiger partial charge in [0.15, 0.2) is 0 Å². The molecule has 5 heteroatoms.